The molecule has 1 rings (SSSR count). The summed E-state index contributed by atoms with van der Waals surface area (Å²) >= 11 is 0. The largest absolute Gasteiger partial charge is 0.494 e. The van der Waals surface area contributed by atoms with Crippen molar-refractivity contribution in [1.82, 2.24) is 0 Å². The fourth-order valence-electron chi connectivity index (χ4n) is 1.43. The van der Waals surface area contributed by atoms with Crippen LogP contribution in [-0.2, 0) is 6.42 Å². The molecule has 0 radical (unpaired) electrons. The molecule has 78 valence electrons. The van der Waals surface area contributed by atoms with E-state index in [0.717, 1.165) is 12.0 Å². The Balaban J connectivity index is 2.87. The Kier molecular flexibility index (Phi) is 3.14. The van der Waals surface area contributed by atoms with Crippen LogP contribution in [0.25, 0.3) is 0 Å². The van der Waals surface area contributed by atoms with Gasteiger partial charge in [-0.2, -0.15) is 0 Å². The van der Waals surface area contributed by atoms with Gasteiger partial charge in [-0.25, -0.2) is 4.39 Å². The zero-order valence-electron chi connectivity index (χ0n) is 9.23. The summed E-state index contributed by atoms with van der Waals surface area (Å²) in [6, 6.07) is 5.13. The van der Waals surface area contributed by atoms with E-state index in [2.05, 4.69) is 20.8 Å². The molecule has 0 atom stereocenters. The Bertz CT molecular complexity index is 313. The maximum absolute atomic E-state index is 13.3. The molecule has 1 aromatic rings. The van der Waals surface area contributed by atoms with Crippen LogP contribution in [0.1, 0.15) is 26.3 Å². The fraction of sp³-hybridized carbons (Fsp3) is 0.500. The van der Waals surface area contributed by atoms with E-state index in [1.807, 2.05) is 6.07 Å². The summed E-state index contributed by atoms with van der Waals surface area (Å²) < 4.78 is 18.2. The highest BCUT2D eigenvalue weighted by Gasteiger charge is 2.12. The summed E-state index contributed by atoms with van der Waals surface area (Å²) in [5, 5.41) is 0. The van der Waals surface area contributed by atoms with Gasteiger partial charge in [0, 0.05) is 0 Å². The number of ether oxygens (including phenoxy) is 1. The second kappa shape index (κ2) is 3.99. The van der Waals surface area contributed by atoms with E-state index in [0.29, 0.717) is 5.75 Å². The molecule has 0 fully saturated rings. The van der Waals surface area contributed by atoms with Crippen LogP contribution in [0, 0.1) is 11.2 Å². The van der Waals surface area contributed by atoms with Crippen LogP contribution in [0.3, 0.4) is 0 Å². The summed E-state index contributed by atoms with van der Waals surface area (Å²) in [6.07, 6.45) is 0.869. The normalized spacial score (nSPS) is 11.5. The first-order chi connectivity index (χ1) is 6.42. The molecule has 0 heterocycles. The third-order valence-electron chi connectivity index (χ3n) is 1.95. The molecule has 0 aromatic heterocycles. The lowest BCUT2D eigenvalue weighted by molar-refractivity contribution is 0.383. The van der Waals surface area contributed by atoms with Crippen molar-refractivity contribution in [2.45, 2.75) is 27.2 Å². The van der Waals surface area contributed by atoms with E-state index < -0.39 is 0 Å². The number of rotatable bonds is 2. The Morgan fingerprint density at radius 2 is 1.93 bits per heavy atom. The summed E-state index contributed by atoms with van der Waals surface area (Å²) in [5.74, 6) is 0.0249. The SMILES string of the molecule is COc1ccc(CC(C)(C)C)cc1F. The highest BCUT2D eigenvalue weighted by Crippen LogP contribution is 2.24. The second-order valence-electron chi connectivity index (χ2n) is 4.71. The molecule has 0 aliphatic heterocycles. The predicted molar refractivity (Wildman–Crippen MR) is 56.1 cm³/mol. The molecule has 14 heavy (non-hydrogen) atoms. The number of methoxy groups -OCH3 is 1. The molecule has 1 nitrogen and oxygen atoms in total. The minimum absolute atomic E-state index is 0.182. The van der Waals surface area contributed by atoms with Crippen LogP contribution in [-0.4, -0.2) is 7.11 Å². The average molecular weight is 196 g/mol. The molecule has 0 saturated heterocycles. The van der Waals surface area contributed by atoms with Crippen molar-refractivity contribution in [3.63, 3.8) is 0 Å². The monoisotopic (exact) mass is 196 g/mol. The summed E-state index contributed by atoms with van der Waals surface area (Å²) in [7, 11) is 1.47. The van der Waals surface area contributed by atoms with Crippen molar-refractivity contribution in [2.24, 2.45) is 5.41 Å². The average Bonchev–Trinajstić information content (AvgIpc) is 2.01. The standard InChI is InChI=1S/C12H17FO/c1-12(2,3)8-9-5-6-11(14-4)10(13)7-9/h5-7H,8H2,1-4H3. The maximum atomic E-state index is 13.3. The van der Waals surface area contributed by atoms with Crippen LogP contribution >= 0.6 is 0 Å². The maximum Gasteiger partial charge on any atom is 0.165 e. The molecule has 0 aliphatic rings. The van der Waals surface area contributed by atoms with Crippen LogP contribution in [0.2, 0.25) is 0 Å². The Labute approximate surface area is 84.9 Å². The van der Waals surface area contributed by atoms with Crippen molar-refractivity contribution in [2.75, 3.05) is 7.11 Å². The smallest absolute Gasteiger partial charge is 0.165 e. The van der Waals surface area contributed by atoms with E-state index >= 15 is 0 Å². The lowest BCUT2D eigenvalue weighted by Gasteiger charge is -2.18. The molecule has 0 N–H and O–H groups in total. The van der Waals surface area contributed by atoms with Crippen LogP contribution < -0.4 is 4.74 Å². The molecule has 0 unspecified atom stereocenters. The minimum atomic E-state index is -0.283. The molecule has 0 saturated carbocycles. The molecule has 0 spiro atoms. The van der Waals surface area contributed by atoms with Gasteiger partial charge < -0.3 is 4.74 Å². The molecular weight excluding hydrogens is 179 g/mol. The number of hydrogen-bond acceptors (Lipinski definition) is 1. The first-order valence-electron chi connectivity index (χ1n) is 4.75. The quantitative estimate of drug-likeness (QED) is 0.704. The number of halogens is 1. The Hall–Kier alpha value is -1.05. The highest BCUT2D eigenvalue weighted by atomic mass is 19.1. The Morgan fingerprint density at radius 3 is 2.36 bits per heavy atom. The molecule has 0 aliphatic carbocycles. The summed E-state index contributed by atoms with van der Waals surface area (Å²) in [4.78, 5) is 0. The fourth-order valence-corrected chi connectivity index (χ4v) is 1.43. The van der Waals surface area contributed by atoms with Gasteiger partial charge in [0.15, 0.2) is 11.6 Å². The van der Waals surface area contributed by atoms with Crippen molar-refractivity contribution >= 4 is 0 Å². The van der Waals surface area contributed by atoms with Gasteiger partial charge in [-0.3, -0.25) is 0 Å². The zero-order chi connectivity index (χ0) is 10.8. The van der Waals surface area contributed by atoms with Crippen molar-refractivity contribution in [3.05, 3.63) is 29.6 Å². The third-order valence-corrected chi connectivity index (χ3v) is 1.95. The van der Waals surface area contributed by atoms with E-state index in [1.54, 1.807) is 12.1 Å². The van der Waals surface area contributed by atoms with Gasteiger partial charge in [-0.1, -0.05) is 26.8 Å². The van der Waals surface area contributed by atoms with Crippen molar-refractivity contribution < 1.29 is 9.13 Å². The van der Waals surface area contributed by atoms with Crippen molar-refractivity contribution in [3.8, 4) is 5.75 Å². The number of hydrogen-bond donors (Lipinski definition) is 0. The van der Waals surface area contributed by atoms with E-state index in [-0.39, 0.29) is 11.2 Å². The molecule has 0 amide bonds. The van der Waals surface area contributed by atoms with Gasteiger partial charge in [-0.15, -0.1) is 0 Å². The topological polar surface area (TPSA) is 9.23 Å². The summed E-state index contributed by atoms with van der Waals surface area (Å²) in [5.41, 5.74) is 1.19. The molecular formula is C12H17FO. The second-order valence-corrected chi connectivity index (χ2v) is 4.71. The zero-order valence-corrected chi connectivity index (χ0v) is 9.23. The van der Waals surface area contributed by atoms with E-state index in [4.69, 9.17) is 4.74 Å². The lowest BCUT2D eigenvalue weighted by atomic mass is 9.88. The molecule has 2 heteroatoms. The van der Waals surface area contributed by atoms with Crippen LogP contribution in [0.4, 0.5) is 4.39 Å². The van der Waals surface area contributed by atoms with Gasteiger partial charge in [0.05, 0.1) is 7.11 Å². The minimum Gasteiger partial charge on any atom is -0.494 e. The van der Waals surface area contributed by atoms with Crippen LogP contribution in [0.5, 0.6) is 5.75 Å². The molecule has 1 aromatic carbocycles. The first-order valence-corrected chi connectivity index (χ1v) is 4.75. The number of benzene rings is 1. The predicted octanol–water partition coefficient (Wildman–Crippen LogP) is 3.42. The van der Waals surface area contributed by atoms with Gasteiger partial charge in [-0.05, 0) is 29.5 Å². The first kappa shape index (κ1) is 11.0. The van der Waals surface area contributed by atoms with Gasteiger partial charge in [0.1, 0.15) is 0 Å². The Morgan fingerprint density at radius 1 is 1.29 bits per heavy atom. The summed E-state index contributed by atoms with van der Waals surface area (Å²) in [6.45, 7) is 6.40. The highest BCUT2D eigenvalue weighted by molar-refractivity contribution is 5.29. The third kappa shape index (κ3) is 3.02. The van der Waals surface area contributed by atoms with Gasteiger partial charge in [0.2, 0.25) is 0 Å². The van der Waals surface area contributed by atoms with Crippen molar-refractivity contribution in [1.29, 1.82) is 0 Å². The lowest BCUT2D eigenvalue weighted by Crippen LogP contribution is -2.09. The molecule has 0 bridgehead atoms. The van der Waals surface area contributed by atoms with E-state index in [9.17, 15) is 4.39 Å². The van der Waals surface area contributed by atoms with Crippen LogP contribution in [0.15, 0.2) is 18.2 Å². The van der Waals surface area contributed by atoms with Gasteiger partial charge >= 0.3 is 0 Å². The van der Waals surface area contributed by atoms with Gasteiger partial charge in [0.25, 0.3) is 0 Å². The van der Waals surface area contributed by atoms with E-state index in [1.165, 1.54) is 7.11 Å².